The average molecular weight is 1810 g/mol. The Balaban J connectivity index is 0.000000111. The van der Waals surface area contributed by atoms with Crippen LogP contribution in [0.3, 0.4) is 0 Å². The molecule has 6 heteroatoms. The van der Waals surface area contributed by atoms with Crippen LogP contribution >= 0.6 is 0 Å². The quantitative estimate of drug-likeness (QED) is 0.128. The molecule has 0 spiro atoms. The second kappa shape index (κ2) is 34.3. The zero-order valence-corrected chi connectivity index (χ0v) is 80.0. The van der Waals surface area contributed by atoms with Crippen molar-refractivity contribution in [3.8, 4) is 95.3 Å². The third-order valence-electron chi connectivity index (χ3n) is 29.5. The van der Waals surface area contributed by atoms with Crippen LogP contribution in [0.25, 0.3) is 258 Å². The van der Waals surface area contributed by atoms with Crippen LogP contribution in [0, 0.1) is 48.5 Å². The Morgan fingerprint density at radius 3 is 0.838 bits per heavy atom. The molecule has 6 heterocycles. The molecule has 28 rings (SSSR count). The van der Waals surface area contributed by atoms with Gasteiger partial charge in [0.15, 0.2) is 0 Å². The second-order valence-electron chi connectivity index (χ2n) is 38.4. The van der Waals surface area contributed by atoms with Crippen LogP contribution in [0.2, 0.25) is 0 Å². The Bertz CT molecular complexity index is 9730. The number of pyridine rings is 3. The Kier molecular flexibility index (Phi) is 20.4. The van der Waals surface area contributed by atoms with E-state index in [0.29, 0.717) is 0 Å². The lowest BCUT2D eigenvalue weighted by Crippen LogP contribution is -1.98. The van der Waals surface area contributed by atoms with Crippen LogP contribution in [-0.4, -0.2) is 28.7 Å². The van der Waals surface area contributed by atoms with Gasteiger partial charge in [-0.25, -0.2) is 15.0 Å². The smallest absolute Gasteiger partial charge is 0.0794 e. The number of hydrogen-bond donors (Lipinski definition) is 0. The summed E-state index contributed by atoms with van der Waals surface area (Å²) in [6, 6.07) is 165. The lowest BCUT2D eigenvalue weighted by Gasteiger charge is -2.15. The molecule has 0 saturated heterocycles. The predicted molar refractivity (Wildman–Crippen MR) is 604 cm³/mol. The van der Waals surface area contributed by atoms with E-state index >= 15 is 0 Å². The van der Waals surface area contributed by atoms with Crippen molar-refractivity contribution in [3.63, 3.8) is 0 Å². The fourth-order valence-corrected chi connectivity index (χ4v) is 23.4. The van der Waals surface area contributed by atoms with Crippen LogP contribution in [0.15, 0.2) is 455 Å². The summed E-state index contributed by atoms with van der Waals surface area (Å²) in [4.78, 5) is 16.1. The van der Waals surface area contributed by atoms with Crippen molar-refractivity contribution >= 4 is 163 Å². The summed E-state index contributed by atoms with van der Waals surface area (Å²) in [6.45, 7) is 15.5. The fraction of sp³-hybridized carbons (Fsp3) is 0.0515. The molecule has 6 nitrogen and oxygen atoms in total. The minimum atomic E-state index is 0.966. The molecule has 0 radical (unpaired) electrons. The summed E-state index contributed by atoms with van der Waals surface area (Å²) >= 11 is 0. The van der Waals surface area contributed by atoms with E-state index in [4.69, 9.17) is 15.0 Å². The highest BCUT2D eigenvalue weighted by Crippen LogP contribution is 2.47. The van der Waals surface area contributed by atoms with Crippen LogP contribution in [0.5, 0.6) is 0 Å². The van der Waals surface area contributed by atoms with Gasteiger partial charge in [-0.2, -0.15) is 0 Å². The van der Waals surface area contributed by atoms with E-state index in [9.17, 15) is 0 Å². The normalized spacial score (nSPS) is 11.8. The number of rotatable bonds is 10. The Morgan fingerprint density at radius 1 is 0.155 bits per heavy atom. The van der Waals surface area contributed by atoms with E-state index in [0.717, 1.165) is 67.4 Å². The molecule has 0 fully saturated rings. The van der Waals surface area contributed by atoms with E-state index in [-0.39, 0.29) is 0 Å². The minimum absolute atomic E-state index is 0.966. The van der Waals surface area contributed by atoms with E-state index < -0.39 is 0 Å². The topological polar surface area (TPSA) is 53.5 Å². The molecule has 0 bridgehead atoms. The summed E-state index contributed by atoms with van der Waals surface area (Å²) in [6.07, 6.45) is 0. The van der Waals surface area contributed by atoms with Gasteiger partial charge >= 0.3 is 0 Å². The average Bonchev–Trinajstić information content (AvgIpc) is 1.10. The number of aryl methyl sites for hydroxylation is 7. The van der Waals surface area contributed by atoms with Gasteiger partial charge in [-0.3, -0.25) is 0 Å². The van der Waals surface area contributed by atoms with Crippen LogP contribution in [0.1, 0.15) is 38.9 Å². The highest BCUT2D eigenvalue weighted by molar-refractivity contribution is 6.28. The van der Waals surface area contributed by atoms with Gasteiger partial charge in [-0.1, -0.05) is 338 Å². The van der Waals surface area contributed by atoms with E-state index in [1.165, 1.54) is 230 Å². The maximum atomic E-state index is 5.40. The summed E-state index contributed by atoms with van der Waals surface area (Å²) in [7, 11) is 0. The number of hydrogen-bond acceptors (Lipinski definition) is 3. The molecular formula is C136H96N6. The highest BCUT2D eigenvalue weighted by atomic mass is 15.0. The van der Waals surface area contributed by atoms with Crippen molar-refractivity contribution in [2.45, 2.75) is 48.5 Å². The number of nitrogens with zero attached hydrogens (tertiary/aromatic N) is 6. The maximum Gasteiger partial charge on any atom is 0.0794 e. The number of fused-ring (bicyclic) bond motifs is 27. The molecule has 0 N–H and O–H groups in total. The maximum absolute atomic E-state index is 5.40. The van der Waals surface area contributed by atoms with Gasteiger partial charge in [0.2, 0.25) is 0 Å². The van der Waals surface area contributed by atoms with Crippen LogP contribution < -0.4 is 0 Å². The molecule has 0 aliphatic heterocycles. The van der Waals surface area contributed by atoms with Crippen molar-refractivity contribution in [1.82, 2.24) is 28.7 Å². The Hall–Kier alpha value is -18.0. The Morgan fingerprint density at radius 2 is 0.437 bits per heavy atom. The van der Waals surface area contributed by atoms with Crippen molar-refractivity contribution in [2.24, 2.45) is 0 Å². The first kappa shape index (κ1) is 84.5. The van der Waals surface area contributed by atoms with Gasteiger partial charge in [0.1, 0.15) is 0 Å². The number of benzene rings is 22. The summed E-state index contributed by atoms with van der Waals surface area (Å²) in [5, 5.41) is 25.9. The lowest BCUT2D eigenvalue weighted by atomic mass is 9.91. The molecule has 670 valence electrons. The molecule has 142 heavy (non-hydrogen) atoms. The van der Waals surface area contributed by atoms with Gasteiger partial charge in [0, 0.05) is 92.7 Å². The van der Waals surface area contributed by atoms with Crippen molar-refractivity contribution < 1.29 is 0 Å². The molecule has 28 aromatic rings. The van der Waals surface area contributed by atoms with Crippen LogP contribution in [0.4, 0.5) is 0 Å². The largest absolute Gasteiger partial charge is 0.309 e. The second-order valence-corrected chi connectivity index (χ2v) is 38.4. The molecule has 0 aliphatic carbocycles. The molecule has 6 aromatic heterocycles. The van der Waals surface area contributed by atoms with E-state index in [1.54, 1.807) is 0 Å². The first-order chi connectivity index (χ1) is 69.8. The van der Waals surface area contributed by atoms with Crippen molar-refractivity contribution in [2.75, 3.05) is 0 Å². The van der Waals surface area contributed by atoms with Gasteiger partial charge in [0.05, 0.1) is 72.4 Å². The monoisotopic (exact) mass is 1810 g/mol. The van der Waals surface area contributed by atoms with Crippen LogP contribution in [-0.2, 0) is 0 Å². The number of para-hydroxylation sites is 2. The summed E-state index contributed by atoms with van der Waals surface area (Å²) in [5.41, 5.74) is 39.0. The zero-order valence-electron chi connectivity index (χ0n) is 80.0. The standard InChI is InChI=1S/C53H42N2.C47H30N2.C36H24N2/c1-31-24-33(3)51(34(4)25-31)38-18-22-49-46(29-38)47-30-39(52-35(5)26-32(2)27-36(52)6)19-23-50(47)55(49)40-13-11-12-37(28-40)48-21-20-45-43-16-8-7-14-41(43)42-15-9-10-17-44(42)53(45)54-48;1-3-12-31(13-4-1)33-22-26-45-42(29-33)43-30-34(32-14-5-2-6-15-32)23-27-46(43)49(45)36-17-11-16-35(28-36)44-25-24-41-39-20-8-7-18-37(39)38-19-9-10-21-40(38)47(41)48-44;1-23-18-21-35-31(22-23)27-13-6-8-16-33(27)38(35)34-17-9-7-15-30(34)32-20-19-29-26-12-3-2-10-24(26)25-11-4-5-14-28(25)36(29)37-32/h7-30H,1-6H3;1-30H;2-22H,1H3. The molecule has 0 unspecified atom stereocenters. The molecule has 22 aromatic carbocycles. The fourth-order valence-electron chi connectivity index (χ4n) is 23.4. The molecule has 0 amide bonds. The predicted octanol–water partition coefficient (Wildman–Crippen LogP) is 36.7. The van der Waals surface area contributed by atoms with Crippen molar-refractivity contribution in [1.29, 1.82) is 0 Å². The Labute approximate surface area is 823 Å². The molecular weight excluding hydrogens is 1720 g/mol. The SMILES string of the molecule is Cc1cc(C)c(-c2ccc3c(c2)c2cc(-c4c(C)cc(C)cc4C)ccc2n3-c2cccc(-c3ccc4c5ccccc5c5ccccc5c4n3)c2)c(C)c1.Cc1ccc2c(c1)c1ccccc1n2-c1ccccc1-c1ccc2c3ccccc3c3ccccc3c2n1.c1ccc(-c2ccc3c(c2)c2cc(-c4ccccc4)ccc2n3-c2cccc(-c3ccc4c5ccccc5c5ccccc5c4n3)c2)cc1. The van der Waals surface area contributed by atoms with E-state index in [1.807, 2.05) is 0 Å². The van der Waals surface area contributed by atoms with E-state index in [2.05, 4.69) is 517 Å². The van der Waals surface area contributed by atoms with Gasteiger partial charge in [-0.05, 0) is 297 Å². The highest BCUT2D eigenvalue weighted by Gasteiger charge is 2.25. The van der Waals surface area contributed by atoms with Gasteiger partial charge in [0.25, 0.3) is 0 Å². The summed E-state index contributed by atoms with van der Waals surface area (Å²) in [5.74, 6) is 0. The molecule has 0 atom stereocenters. The third kappa shape index (κ3) is 14.3. The number of aromatic nitrogens is 6. The molecule has 0 saturated carbocycles. The molecule has 0 aliphatic rings. The first-order valence-electron chi connectivity index (χ1n) is 49.2. The van der Waals surface area contributed by atoms with Gasteiger partial charge < -0.3 is 13.7 Å². The zero-order chi connectivity index (χ0) is 95.1. The van der Waals surface area contributed by atoms with Gasteiger partial charge in [-0.15, -0.1) is 0 Å². The minimum Gasteiger partial charge on any atom is -0.309 e. The lowest BCUT2D eigenvalue weighted by molar-refractivity contribution is 1.17. The first-order valence-corrected chi connectivity index (χ1v) is 49.2. The summed E-state index contributed by atoms with van der Waals surface area (Å²) < 4.78 is 7.24. The third-order valence-corrected chi connectivity index (χ3v) is 29.5. The van der Waals surface area contributed by atoms with Crippen molar-refractivity contribution in [3.05, 3.63) is 494 Å².